The summed E-state index contributed by atoms with van der Waals surface area (Å²) in [5, 5.41) is 15.9. The highest BCUT2D eigenvalue weighted by Gasteiger charge is 2.17. The summed E-state index contributed by atoms with van der Waals surface area (Å²) < 4.78 is 0. The van der Waals surface area contributed by atoms with E-state index in [1.54, 1.807) is 0 Å². The van der Waals surface area contributed by atoms with E-state index < -0.39 is 0 Å². The van der Waals surface area contributed by atoms with E-state index >= 15 is 0 Å². The Morgan fingerprint density at radius 2 is 2.00 bits per heavy atom. The van der Waals surface area contributed by atoms with Crippen LogP contribution in [-0.4, -0.2) is 32.6 Å². The summed E-state index contributed by atoms with van der Waals surface area (Å²) in [6.07, 6.45) is 7.05. The smallest absolute Gasteiger partial charge is 0.293 e. The van der Waals surface area contributed by atoms with Crippen LogP contribution < -0.4 is 5.32 Å². The number of aromatic nitrogens is 4. The average Bonchev–Trinajstić information content (AvgIpc) is 2.65. The van der Waals surface area contributed by atoms with Gasteiger partial charge < -0.3 is 5.32 Å². The zero-order chi connectivity index (χ0) is 10.5. The lowest BCUT2D eigenvalue weighted by Gasteiger charge is -2.14. The maximum absolute atomic E-state index is 11.6. The lowest BCUT2D eigenvalue weighted by molar-refractivity contribution is 0.0923. The second-order valence-corrected chi connectivity index (χ2v) is 3.90. The maximum Gasteiger partial charge on any atom is 0.293 e. The first-order valence-electron chi connectivity index (χ1n) is 5.40. The standard InChI is InChI=1S/C9H15N5O/c15-9(8-11-13-14-12-8)10-7-5-3-1-2-4-6-7/h7H,1-6H2,(H,10,15)(H,11,12,13,14). The molecule has 0 radical (unpaired) electrons. The Bertz CT molecular complexity index is 302. The molecular formula is C9H15N5O. The molecule has 6 nitrogen and oxygen atoms in total. The molecule has 6 heteroatoms. The van der Waals surface area contributed by atoms with Crippen LogP contribution in [0.15, 0.2) is 0 Å². The quantitative estimate of drug-likeness (QED) is 0.700. The van der Waals surface area contributed by atoms with Crippen molar-refractivity contribution in [2.75, 3.05) is 0 Å². The van der Waals surface area contributed by atoms with E-state index in [0.29, 0.717) is 0 Å². The molecule has 1 saturated carbocycles. The van der Waals surface area contributed by atoms with Crippen molar-refractivity contribution in [2.24, 2.45) is 0 Å². The van der Waals surface area contributed by atoms with Crippen LogP contribution in [0, 0.1) is 0 Å². The van der Waals surface area contributed by atoms with Gasteiger partial charge in [0.05, 0.1) is 0 Å². The number of nitrogens with one attached hydrogen (secondary N) is 2. The fourth-order valence-electron chi connectivity index (χ4n) is 1.93. The first-order valence-corrected chi connectivity index (χ1v) is 5.40. The minimum Gasteiger partial charge on any atom is -0.346 e. The molecule has 1 heterocycles. The molecule has 1 aromatic heterocycles. The molecule has 0 aromatic carbocycles. The first kappa shape index (κ1) is 10.1. The predicted molar refractivity (Wildman–Crippen MR) is 53.1 cm³/mol. The van der Waals surface area contributed by atoms with Gasteiger partial charge in [0.2, 0.25) is 0 Å². The normalized spacial score (nSPS) is 18.4. The molecule has 0 saturated heterocycles. The van der Waals surface area contributed by atoms with Gasteiger partial charge in [0.1, 0.15) is 0 Å². The van der Waals surface area contributed by atoms with Gasteiger partial charge in [-0.3, -0.25) is 4.79 Å². The van der Waals surface area contributed by atoms with Crippen molar-refractivity contribution in [3.05, 3.63) is 5.82 Å². The molecular weight excluding hydrogens is 194 g/mol. The molecule has 0 bridgehead atoms. The summed E-state index contributed by atoms with van der Waals surface area (Å²) >= 11 is 0. The van der Waals surface area contributed by atoms with Gasteiger partial charge in [-0.15, -0.1) is 10.2 Å². The minimum atomic E-state index is -0.226. The number of aromatic amines is 1. The summed E-state index contributed by atoms with van der Waals surface area (Å²) in [5.41, 5.74) is 0. The Morgan fingerprint density at radius 3 is 2.60 bits per heavy atom. The first-order chi connectivity index (χ1) is 7.36. The third-order valence-corrected chi connectivity index (χ3v) is 2.74. The van der Waals surface area contributed by atoms with Crippen LogP contribution >= 0.6 is 0 Å². The fourth-order valence-corrected chi connectivity index (χ4v) is 1.93. The Kier molecular flexibility index (Phi) is 3.26. The van der Waals surface area contributed by atoms with E-state index in [4.69, 9.17) is 0 Å². The molecule has 0 atom stereocenters. The molecule has 0 aliphatic heterocycles. The van der Waals surface area contributed by atoms with Gasteiger partial charge in [-0.05, 0) is 18.1 Å². The molecule has 0 spiro atoms. The van der Waals surface area contributed by atoms with Crippen molar-refractivity contribution in [1.29, 1.82) is 0 Å². The van der Waals surface area contributed by atoms with Crippen LogP contribution in [0.4, 0.5) is 0 Å². The summed E-state index contributed by atoms with van der Waals surface area (Å²) in [6.45, 7) is 0. The van der Waals surface area contributed by atoms with Gasteiger partial charge in [-0.1, -0.05) is 25.7 Å². The van der Waals surface area contributed by atoms with E-state index in [1.807, 2.05) is 0 Å². The number of carbonyl (C=O) groups is 1. The monoisotopic (exact) mass is 209 g/mol. The molecule has 2 N–H and O–H groups in total. The van der Waals surface area contributed by atoms with Crippen LogP contribution in [-0.2, 0) is 0 Å². The van der Waals surface area contributed by atoms with Gasteiger partial charge in [0, 0.05) is 6.04 Å². The van der Waals surface area contributed by atoms with Gasteiger partial charge in [-0.2, -0.15) is 5.21 Å². The third kappa shape index (κ3) is 2.74. The number of hydrogen-bond acceptors (Lipinski definition) is 4. The summed E-state index contributed by atoms with van der Waals surface area (Å²) in [4.78, 5) is 11.6. The van der Waals surface area contributed by atoms with Gasteiger partial charge >= 0.3 is 0 Å². The number of rotatable bonds is 2. The van der Waals surface area contributed by atoms with Crippen LogP contribution in [0.5, 0.6) is 0 Å². The number of nitrogens with zero attached hydrogens (tertiary/aromatic N) is 3. The van der Waals surface area contributed by atoms with Gasteiger partial charge in [-0.25, -0.2) is 0 Å². The van der Waals surface area contributed by atoms with Crippen molar-refractivity contribution in [2.45, 2.75) is 44.6 Å². The summed E-state index contributed by atoms with van der Waals surface area (Å²) in [5.74, 6) is -0.102. The molecule has 1 fully saturated rings. The van der Waals surface area contributed by atoms with E-state index in [9.17, 15) is 4.79 Å². The number of hydrogen-bond donors (Lipinski definition) is 2. The number of amides is 1. The molecule has 1 amide bonds. The lowest BCUT2D eigenvalue weighted by atomic mass is 10.1. The largest absolute Gasteiger partial charge is 0.346 e. The number of H-pyrrole nitrogens is 1. The van der Waals surface area contributed by atoms with Crippen molar-refractivity contribution in [3.8, 4) is 0 Å². The van der Waals surface area contributed by atoms with Crippen LogP contribution in [0.3, 0.4) is 0 Å². The van der Waals surface area contributed by atoms with Crippen LogP contribution in [0.1, 0.15) is 49.1 Å². The van der Waals surface area contributed by atoms with Crippen LogP contribution in [0.2, 0.25) is 0 Å². The Balaban J connectivity index is 1.87. The molecule has 2 rings (SSSR count). The Hall–Kier alpha value is -1.46. The highest BCUT2D eigenvalue weighted by molar-refractivity contribution is 5.90. The van der Waals surface area contributed by atoms with Crippen molar-refractivity contribution in [3.63, 3.8) is 0 Å². The fraction of sp³-hybridized carbons (Fsp3) is 0.778. The molecule has 1 aliphatic carbocycles. The Labute approximate surface area is 87.8 Å². The molecule has 1 aliphatic rings. The van der Waals surface area contributed by atoms with E-state index in [-0.39, 0.29) is 17.8 Å². The topological polar surface area (TPSA) is 83.6 Å². The summed E-state index contributed by atoms with van der Waals surface area (Å²) in [6, 6.07) is 0.276. The van der Waals surface area contributed by atoms with Crippen LogP contribution in [0.25, 0.3) is 0 Å². The molecule has 15 heavy (non-hydrogen) atoms. The van der Waals surface area contributed by atoms with Crippen molar-refractivity contribution >= 4 is 5.91 Å². The van der Waals surface area contributed by atoms with Crippen molar-refractivity contribution in [1.82, 2.24) is 25.9 Å². The highest BCUT2D eigenvalue weighted by atomic mass is 16.2. The number of tetrazole rings is 1. The van der Waals surface area contributed by atoms with Gasteiger partial charge in [0.15, 0.2) is 0 Å². The number of carbonyl (C=O) groups excluding carboxylic acids is 1. The predicted octanol–water partition coefficient (Wildman–Crippen LogP) is 0.652. The van der Waals surface area contributed by atoms with Gasteiger partial charge in [0.25, 0.3) is 11.7 Å². The zero-order valence-electron chi connectivity index (χ0n) is 8.57. The molecule has 1 aromatic rings. The summed E-state index contributed by atoms with van der Waals surface area (Å²) in [7, 11) is 0. The second kappa shape index (κ2) is 4.86. The minimum absolute atomic E-state index is 0.124. The second-order valence-electron chi connectivity index (χ2n) is 3.90. The zero-order valence-corrected chi connectivity index (χ0v) is 8.57. The average molecular weight is 209 g/mol. The maximum atomic E-state index is 11.6. The SMILES string of the molecule is O=C(NC1CCCCCC1)c1nn[nH]n1. The van der Waals surface area contributed by atoms with E-state index in [0.717, 1.165) is 12.8 Å². The highest BCUT2D eigenvalue weighted by Crippen LogP contribution is 2.17. The van der Waals surface area contributed by atoms with Crippen molar-refractivity contribution < 1.29 is 4.79 Å². The Morgan fingerprint density at radius 1 is 1.27 bits per heavy atom. The van der Waals surface area contributed by atoms with E-state index in [1.165, 1.54) is 25.7 Å². The lowest BCUT2D eigenvalue weighted by Crippen LogP contribution is -2.35. The molecule has 0 unspecified atom stereocenters. The van der Waals surface area contributed by atoms with E-state index in [2.05, 4.69) is 25.9 Å². The molecule has 82 valence electrons. The third-order valence-electron chi connectivity index (χ3n) is 2.74.